The number of rotatable bonds is 2. The zero-order valence-electron chi connectivity index (χ0n) is 10.8. The Labute approximate surface area is 103 Å². The predicted octanol–water partition coefficient (Wildman–Crippen LogP) is 2.60. The van der Waals surface area contributed by atoms with E-state index in [2.05, 4.69) is 19.9 Å². The van der Waals surface area contributed by atoms with Crippen molar-refractivity contribution in [3.05, 3.63) is 23.3 Å². The highest BCUT2D eigenvalue weighted by Crippen LogP contribution is 2.41. The molecule has 0 saturated heterocycles. The Morgan fingerprint density at radius 3 is 2.71 bits per heavy atom. The number of hydrogen-bond donors (Lipinski definition) is 0. The highest BCUT2D eigenvalue weighted by atomic mass is 16.4. The van der Waals surface area contributed by atoms with Crippen molar-refractivity contribution >= 4 is 5.97 Å². The molecule has 0 aromatic carbocycles. The smallest absolute Gasteiger partial charge is 0.0671 e. The van der Waals surface area contributed by atoms with Gasteiger partial charge < -0.3 is 9.90 Å². The molecule has 0 fully saturated rings. The molecule has 0 bridgehead atoms. The molecular formula is C15H21O2-. The average Bonchev–Trinajstić information content (AvgIpc) is 2.28. The standard InChI is InChI=1S/C15H22O2/c1-15(2)9-3-4-13(10-15)11-5-7-12(8-6-11)14(16)17/h4,7,11H,3,5-6,8-10H2,1-2H3,(H,16,17)/p-1/t11-/m1/s1. The van der Waals surface area contributed by atoms with Crippen LogP contribution in [0.5, 0.6) is 0 Å². The first-order valence-electron chi connectivity index (χ1n) is 6.57. The van der Waals surface area contributed by atoms with E-state index in [9.17, 15) is 9.90 Å². The number of carboxylic acid groups (broad SMARTS) is 1. The van der Waals surface area contributed by atoms with Crippen LogP contribution in [0.1, 0.15) is 52.4 Å². The summed E-state index contributed by atoms with van der Waals surface area (Å²) < 4.78 is 0. The summed E-state index contributed by atoms with van der Waals surface area (Å²) in [6.07, 6.45) is 10.4. The maximum Gasteiger partial charge on any atom is 0.0671 e. The molecule has 2 heteroatoms. The van der Waals surface area contributed by atoms with Crippen LogP contribution in [0.2, 0.25) is 0 Å². The SMILES string of the molecule is CC1(C)CCC=C([C@@H]2CC=C(C(=O)[O-])CC2)C1. The van der Waals surface area contributed by atoms with E-state index in [1.54, 1.807) is 5.57 Å². The van der Waals surface area contributed by atoms with Crippen LogP contribution in [0.4, 0.5) is 0 Å². The first-order valence-corrected chi connectivity index (χ1v) is 6.57. The van der Waals surface area contributed by atoms with E-state index in [1.165, 1.54) is 19.3 Å². The van der Waals surface area contributed by atoms with E-state index in [1.807, 2.05) is 6.08 Å². The van der Waals surface area contributed by atoms with Crippen molar-refractivity contribution in [2.75, 3.05) is 0 Å². The van der Waals surface area contributed by atoms with Gasteiger partial charge in [0.25, 0.3) is 0 Å². The normalized spacial score (nSPS) is 28.2. The second kappa shape index (κ2) is 4.67. The van der Waals surface area contributed by atoms with Crippen LogP contribution in [0.15, 0.2) is 23.3 Å². The third kappa shape index (κ3) is 2.99. The Balaban J connectivity index is 2.02. The average molecular weight is 233 g/mol. The van der Waals surface area contributed by atoms with Crippen LogP contribution in [0.3, 0.4) is 0 Å². The molecular weight excluding hydrogens is 212 g/mol. The number of carboxylic acids is 1. The summed E-state index contributed by atoms with van der Waals surface area (Å²) in [5, 5.41) is 10.7. The van der Waals surface area contributed by atoms with Gasteiger partial charge >= 0.3 is 0 Å². The van der Waals surface area contributed by atoms with E-state index in [4.69, 9.17) is 0 Å². The molecule has 0 unspecified atom stereocenters. The Hall–Kier alpha value is -1.05. The summed E-state index contributed by atoms with van der Waals surface area (Å²) in [4.78, 5) is 10.7. The summed E-state index contributed by atoms with van der Waals surface area (Å²) in [6, 6.07) is 0. The van der Waals surface area contributed by atoms with Gasteiger partial charge in [-0.25, -0.2) is 0 Å². The van der Waals surface area contributed by atoms with Crippen molar-refractivity contribution < 1.29 is 9.90 Å². The Morgan fingerprint density at radius 2 is 2.18 bits per heavy atom. The lowest BCUT2D eigenvalue weighted by molar-refractivity contribution is -0.299. The monoisotopic (exact) mass is 233 g/mol. The van der Waals surface area contributed by atoms with Gasteiger partial charge in [-0.1, -0.05) is 31.6 Å². The largest absolute Gasteiger partial charge is 0.545 e. The maximum atomic E-state index is 10.7. The molecule has 0 aliphatic heterocycles. The number of allylic oxidation sites excluding steroid dienone is 3. The topological polar surface area (TPSA) is 40.1 Å². The van der Waals surface area contributed by atoms with Gasteiger partial charge in [0.2, 0.25) is 0 Å². The molecule has 2 aliphatic rings. The van der Waals surface area contributed by atoms with Gasteiger partial charge in [0, 0.05) is 0 Å². The van der Waals surface area contributed by atoms with E-state index in [0.717, 1.165) is 12.8 Å². The fourth-order valence-electron chi connectivity index (χ4n) is 3.03. The van der Waals surface area contributed by atoms with Crippen molar-refractivity contribution in [1.29, 1.82) is 0 Å². The van der Waals surface area contributed by atoms with Crippen molar-refractivity contribution in [3.63, 3.8) is 0 Å². The van der Waals surface area contributed by atoms with Gasteiger partial charge in [0.05, 0.1) is 5.97 Å². The predicted molar refractivity (Wildman–Crippen MR) is 66.1 cm³/mol. The summed E-state index contributed by atoms with van der Waals surface area (Å²) in [5.41, 5.74) is 2.47. The summed E-state index contributed by atoms with van der Waals surface area (Å²) in [7, 11) is 0. The van der Waals surface area contributed by atoms with Crippen LogP contribution in [-0.2, 0) is 4.79 Å². The van der Waals surface area contributed by atoms with Crippen LogP contribution in [0, 0.1) is 11.3 Å². The third-order valence-corrected chi connectivity index (χ3v) is 4.11. The molecule has 2 nitrogen and oxygen atoms in total. The molecule has 0 aromatic heterocycles. The molecule has 0 heterocycles. The number of hydrogen-bond acceptors (Lipinski definition) is 2. The van der Waals surface area contributed by atoms with Gasteiger partial charge in [-0.15, -0.1) is 0 Å². The van der Waals surface area contributed by atoms with Crippen LogP contribution in [0.25, 0.3) is 0 Å². The molecule has 17 heavy (non-hydrogen) atoms. The minimum atomic E-state index is -0.985. The fourth-order valence-corrected chi connectivity index (χ4v) is 3.03. The molecule has 0 spiro atoms. The van der Waals surface area contributed by atoms with E-state index < -0.39 is 5.97 Å². The van der Waals surface area contributed by atoms with Gasteiger partial charge in [-0.05, 0) is 55.4 Å². The molecule has 0 saturated carbocycles. The number of aliphatic carboxylic acids is 1. The Bertz CT molecular complexity index is 374. The number of carbonyl (C=O) groups is 1. The van der Waals surface area contributed by atoms with Crippen LogP contribution >= 0.6 is 0 Å². The van der Waals surface area contributed by atoms with Crippen LogP contribution in [-0.4, -0.2) is 5.97 Å². The minimum absolute atomic E-state index is 0.419. The number of carbonyl (C=O) groups excluding carboxylic acids is 1. The quantitative estimate of drug-likeness (QED) is 0.688. The highest BCUT2D eigenvalue weighted by Gasteiger charge is 2.27. The summed E-state index contributed by atoms with van der Waals surface area (Å²) in [5.74, 6) is -0.418. The lowest BCUT2D eigenvalue weighted by Crippen LogP contribution is -2.27. The molecule has 1 atom stereocenters. The van der Waals surface area contributed by atoms with Gasteiger partial charge in [-0.3, -0.25) is 0 Å². The fraction of sp³-hybridized carbons (Fsp3) is 0.667. The molecule has 0 amide bonds. The van der Waals surface area contributed by atoms with Crippen molar-refractivity contribution in [2.45, 2.75) is 52.4 Å². The van der Waals surface area contributed by atoms with Crippen molar-refractivity contribution in [1.82, 2.24) is 0 Å². The van der Waals surface area contributed by atoms with E-state index in [0.29, 0.717) is 23.3 Å². The molecule has 2 rings (SSSR count). The van der Waals surface area contributed by atoms with Gasteiger partial charge in [0.15, 0.2) is 0 Å². The maximum absolute atomic E-state index is 10.7. The first-order chi connectivity index (χ1) is 7.98. The van der Waals surface area contributed by atoms with Crippen LogP contribution < -0.4 is 5.11 Å². The zero-order chi connectivity index (χ0) is 12.5. The first kappa shape index (κ1) is 12.4. The second-order valence-electron chi connectivity index (χ2n) is 6.15. The molecule has 2 aliphatic carbocycles. The molecule has 0 aromatic rings. The third-order valence-electron chi connectivity index (χ3n) is 4.11. The minimum Gasteiger partial charge on any atom is -0.545 e. The second-order valence-corrected chi connectivity index (χ2v) is 6.15. The Kier molecular flexibility index (Phi) is 3.41. The highest BCUT2D eigenvalue weighted by molar-refractivity contribution is 5.84. The summed E-state index contributed by atoms with van der Waals surface area (Å²) in [6.45, 7) is 4.65. The lowest BCUT2D eigenvalue weighted by Gasteiger charge is -2.34. The molecule has 0 radical (unpaired) electrons. The van der Waals surface area contributed by atoms with Crippen molar-refractivity contribution in [3.8, 4) is 0 Å². The Morgan fingerprint density at radius 1 is 1.41 bits per heavy atom. The molecule has 0 N–H and O–H groups in total. The lowest BCUT2D eigenvalue weighted by atomic mass is 9.71. The summed E-state index contributed by atoms with van der Waals surface area (Å²) >= 11 is 0. The molecule has 94 valence electrons. The van der Waals surface area contributed by atoms with Gasteiger partial charge in [0.1, 0.15) is 0 Å². The van der Waals surface area contributed by atoms with Crippen molar-refractivity contribution in [2.24, 2.45) is 11.3 Å². The zero-order valence-corrected chi connectivity index (χ0v) is 10.8. The van der Waals surface area contributed by atoms with E-state index in [-0.39, 0.29) is 0 Å². The van der Waals surface area contributed by atoms with E-state index >= 15 is 0 Å². The van der Waals surface area contributed by atoms with Gasteiger partial charge in [-0.2, -0.15) is 0 Å².